The van der Waals surface area contributed by atoms with Crippen LogP contribution in [-0.2, 0) is 30.8 Å². The maximum atomic E-state index is 13.4. The van der Waals surface area contributed by atoms with Gasteiger partial charge in [0.15, 0.2) is 0 Å². The van der Waals surface area contributed by atoms with Crippen LogP contribution < -0.4 is 10.0 Å². The molecule has 2 fully saturated rings. The van der Waals surface area contributed by atoms with Crippen molar-refractivity contribution in [1.29, 1.82) is 0 Å². The van der Waals surface area contributed by atoms with Crippen molar-refractivity contribution in [3.05, 3.63) is 60.2 Å². The molecule has 9 heteroatoms. The van der Waals surface area contributed by atoms with Gasteiger partial charge in [-0.1, -0.05) is 49.6 Å². The Morgan fingerprint density at radius 3 is 2.21 bits per heavy atom. The minimum absolute atomic E-state index is 0.0820. The summed E-state index contributed by atoms with van der Waals surface area (Å²) in [4.78, 5) is 42.3. The van der Waals surface area contributed by atoms with Crippen LogP contribution in [0.2, 0.25) is 0 Å². The van der Waals surface area contributed by atoms with Gasteiger partial charge in [0.25, 0.3) is 5.91 Å². The molecule has 1 heterocycles. The lowest BCUT2D eigenvalue weighted by molar-refractivity contribution is -0.141. The monoisotopic (exact) mass is 469 g/mol. The van der Waals surface area contributed by atoms with Gasteiger partial charge in [-0.05, 0) is 42.7 Å². The Morgan fingerprint density at radius 2 is 1.61 bits per heavy atom. The van der Waals surface area contributed by atoms with Gasteiger partial charge >= 0.3 is 0 Å². The first-order valence-electron chi connectivity index (χ1n) is 11.1. The number of imide groups is 1. The Hall–Kier alpha value is -3.04. The molecule has 0 spiro atoms. The van der Waals surface area contributed by atoms with E-state index in [2.05, 4.69) is 0 Å². The van der Waals surface area contributed by atoms with E-state index in [9.17, 15) is 22.8 Å². The number of anilines is 1. The van der Waals surface area contributed by atoms with E-state index in [1.807, 2.05) is 30.3 Å². The Morgan fingerprint density at radius 1 is 0.970 bits per heavy atom. The van der Waals surface area contributed by atoms with Crippen LogP contribution in [0.5, 0.6) is 0 Å². The lowest BCUT2D eigenvalue weighted by atomic mass is 9.92. The number of nitrogens with zero attached hydrogens (tertiary/aromatic N) is 2. The van der Waals surface area contributed by atoms with Gasteiger partial charge in [-0.2, -0.15) is 0 Å². The molecule has 0 radical (unpaired) electrons. The second kappa shape index (κ2) is 9.44. The topological polar surface area (TPSA) is 118 Å². The van der Waals surface area contributed by atoms with Gasteiger partial charge < -0.3 is 4.90 Å². The maximum Gasteiger partial charge on any atom is 0.257 e. The SMILES string of the molecule is NS(=O)(=O)c1ccc(N2C(=O)CC(N(C(=O)Cc3ccccc3)C3CCCCC3)C2=O)cc1. The minimum atomic E-state index is -3.89. The zero-order valence-corrected chi connectivity index (χ0v) is 19.0. The third-order valence-electron chi connectivity index (χ3n) is 6.34. The van der Waals surface area contributed by atoms with Crippen LogP contribution in [0.4, 0.5) is 5.69 Å². The molecular formula is C24H27N3O5S. The highest BCUT2D eigenvalue weighted by atomic mass is 32.2. The van der Waals surface area contributed by atoms with E-state index < -0.39 is 27.9 Å². The van der Waals surface area contributed by atoms with Crippen molar-refractivity contribution in [2.75, 3.05) is 4.90 Å². The number of primary sulfonamides is 1. The van der Waals surface area contributed by atoms with Crippen molar-refractivity contribution in [2.45, 2.75) is 61.9 Å². The van der Waals surface area contributed by atoms with Gasteiger partial charge in [0.2, 0.25) is 21.8 Å². The van der Waals surface area contributed by atoms with Gasteiger partial charge in [0.05, 0.1) is 23.4 Å². The number of benzene rings is 2. The largest absolute Gasteiger partial charge is 0.327 e. The zero-order valence-electron chi connectivity index (χ0n) is 18.2. The molecule has 33 heavy (non-hydrogen) atoms. The van der Waals surface area contributed by atoms with Crippen LogP contribution in [0, 0.1) is 0 Å². The molecule has 8 nitrogen and oxygen atoms in total. The molecular weight excluding hydrogens is 442 g/mol. The number of rotatable bonds is 6. The summed E-state index contributed by atoms with van der Waals surface area (Å²) in [5, 5.41) is 5.14. The molecule has 2 aliphatic rings. The van der Waals surface area contributed by atoms with Crippen molar-refractivity contribution >= 4 is 33.4 Å². The molecule has 1 aliphatic carbocycles. The number of carbonyl (C=O) groups is 3. The fraction of sp³-hybridized carbons (Fsp3) is 0.375. The van der Waals surface area contributed by atoms with Crippen LogP contribution in [0.25, 0.3) is 0 Å². The highest BCUT2D eigenvalue weighted by molar-refractivity contribution is 7.89. The summed E-state index contributed by atoms with van der Waals surface area (Å²) in [6.07, 6.45) is 4.74. The van der Waals surface area contributed by atoms with Gasteiger partial charge in [-0.25, -0.2) is 18.5 Å². The van der Waals surface area contributed by atoms with Crippen LogP contribution >= 0.6 is 0 Å². The Balaban J connectivity index is 1.61. The van der Waals surface area contributed by atoms with Crippen molar-refractivity contribution in [3.8, 4) is 0 Å². The van der Waals surface area contributed by atoms with Gasteiger partial charge in [0.1, 0.15) is 6.04 Å². The molecule has 1 saturated heterocycles. The molecule has 2 aromatic carbocycles. The molecule has 1 aliphatic heterocycles. The van der Waals surface area contributed by atoms with Crippen molar-refractivity contribution in [3.63, 3.8) is 0 Å². The summed E-state index contributed by atoms with van der Waals surface area (Å²) in [6, 6.07) is 13.7. The molecule has 1 unspecified atom stereocenters. The van der Waals surface area contributed by atoms with Crippen molar-refractivity contribution in [1.82, 2.24) is 4.90 Å². The average Bonchev–Trinajstić information content (AvgIpc) is 3.08. The molecule has 1 saturated carbocycles. The molecule has 2 aromatic rings. The first-order valence-corrected chi connectivity index (χ1v) is 12.6. The lowest BCUT2D eigenvalue weighted by Gasteiger charge is -2.37. The summed E-state index contributed by atoms with van der Waals surface area (Å²) in [7, 11) is -3.89. The van der Waals surface area contributed by atoms with Crippen LogP contribution in [0.15, 0.2) is 59.5 Å². The second-order valence-corrected chi connectivity index (χ2v) is 10.1. The first-order chi connectivity index (χ1) is 15.8. The molecule has 1 atom stereocenters. The number of carbonyl (C=O) groups excluding carboxylic acids is 3. The van der Waals surface area contributed by atoms with Gasteiger partial charge in [-0.15, -0.1) is 0 Å². The van der Waals surface area contributed by atoms with E-state index in [-0.39, 0.29) is 35.4 Å². The van der Waals surface area contributed by atoms with Crippen molar-refractivity contribution < 1.29 is 22.8 Å². The predicted molar refractivity (Wildman–Crippen MR) is 123 cm³/mol. The lowest BCUT2D eigenvalue weighted by Crippen LogP contribution is -2.51. The van der Waals surface area contributed by atoms with Gasteiger partial charge in [-0.3, -0.25) is 14.4 Å². The van der Waals surface area contributed by atoms with E-state index in [4.69, 9.17) is 5.14 Å². The third-order valence-corrected chi connectivity index (χ3v) is 7.27. The summed E-state index contributed by atoms with van der Waals surface area (Å²) in [5.74, 6) is -1.04. The molecule has 2 N–H and O–H groups in total. The van der Waals surface area contributed by atoms with Gasteiger partial charge in [0, 0.05) is 6.04 Å². The zero-order chi connectivity index (χ0) is 23.6. The minimum Gasteiger partial charge on any atom is -0.327 e. The number of amides is 3. The number of hydrogen-bond donors (Lipinski definition) is 1. The Bertz CT molecular complexity index is 1140. The smallest absolute Gasteiger partial charge is 0.257 e. The second-order valence-electron chi connectivity index (χ2n) is 8.58. The number of hydrogen-bond acceptors (Lipinski definition) is 5. The highest BCUT2D eigenvalue weighted by Crippen LogP contribution is 2.32. The van der Waals surface area contributed by atoms with E-state index in [1.165, 1.54) is 24.3 Å². The maximum absolute atomic E-state index is 13.4. The highest BCUT2D eigenvalue weighted by Gasteiger charge is 2.46. The van der Waals surface area contributed by atoms with E-state index >= 15 is 0 Å². The molecule has 174 valence electrons. The first kappa shape index (κ1) is 23.1. The fourth-order valence-electron chi connectivity index (χ4n) is 4.74. The van der Waals surface area contributed by atoms with Crippen LogP contribution in [0.1, 0.15) is 44.1 Å². The number of nitrogens with two attached hydrogens (primary N) is 1. The summed E-state index contributed by atoms with van der Waals surface area (Å²) in [5.41, 5.74) is 1.12. The van der Waals surface area contributed by atoms with Crippen molar-refractivity contribution in [2.24, 2.45) is 5.14 Å². The summed E-state index contributed by atoms with van der Waals surface area (Å²) in [6.45, 7) is 0. The predicted octanol–water partition coefficient (Wildman–Crippen LogP) is 2.37. The van der Waals surface area contributed by atoms with E-state index in [0.29, 0.717) is 0 Å². The van der Waals surface area contributed by atoms with Crippen LogP contribution in [0.3, 0.4) is 0 Å². The molecule has 0 bridgehead atoms. The summed E-state index contributed by atoms with van der Waals surface area (Å²) < 4.78 is 23.0. The van der Waals surface area contributed by atoms with Crippen LogP contribution in [-0.4, -0.2) is 43.1 Å². The normalized spacial score (nSPS) is 19.7. The molecule has 0 aromatic heterocycles. The summed E-state index contributed by atoms with van der Waals surface area (Å²) >= 11 is 0. The number of sulfonamides is 1. The Kier molecular flexibility index (Phi) is 6.62. The Labute approximate surface area is 193 Å². The quantitative estimate of drug-likeness (QED) is 0.652. The van der Waals surface area contributed by atoms with E-state index in [0.717, 1.165) is 42.6 Å². The van der Waals surface area contributed by atoms with E-state index in [1.54, 1.807) is 4.90 Å². The standard InChI is InChI=1S/C24H27N3O5S/c25-33(31,32)20-13-11-19(12-14-20)27-23(29)16-21(24(27)30)26(18-9-5-2-6-10-18)22(28)15-17-7-3-1-4-8-17/h1,3-4,7-8,11-14,18,21H,2,5-6,9-10,15-16H2,(H2,25,31,32). The molecule has 3 amide bonds. The molecule has 4 rings (SSSR count). The fourth-order valence-corrected chi connectivity index (χ4v) is 5.26. The third kappa shape index (κ3) is 4.99. The average molecular weight is 470 g/mol.